The molecule has 35 heavy (non-hydrogen) atoms. The first-order chi connectivity index (χ1) is 17.3. The first-order valence-corrected chi connectivity index (χ1v) is 14.4. The van der Waals surface area contributed by atoms with Gasteiger partial charge in [0.2, 0.25) is 11.8 Å². The Morgan fingerprint density at radius 1 is 0.600 bits per heavy atom. The van der Waals surface area contributed by atoms with Crippen molar-refractivity contribution >= 4 is 15.9 Å². The van der Waals surface area contributed by atoms with Crippen LogP contribution in [0.1, 0.15) is 96.8 Å². The number of aromatic nitrogens is 2. The number of rotatable bonds is 18. The van der Waals surface area contributed by atoms with E-state index < -0.39 is 0 Å². The van der Waals surface area contributed by atoms with Crippen molar-refractivity contribution in [3.8, 4) is 28.7 Å². The maximum absolute atomic E-state index is 5.92. The summed E-state index contributed by atoms with van der Waals surface area (Å²) in [4.78, 5) is 0. The summed E-state index contributed by atoms with van der Waals surface area (Å²) in [7, 11) is 0. The molecule has 0 bridgehead atoms. The minimum absolute atomic E-state index is 0.515. The highest BCUT2D eigenvalue weighted by atomic mass is 79.9. The largest absolute Gasteiger partial charge is 0.494 e. The summed E-state index contributed by atoms with van der Waals surface area (Å²) in [5.74, 6) is 1.92. The van der Waals surface area contributed by atoms with Crippen LogP contribution >= 0.6 is 15.9 Å². The van der Waals surface area contributed by atoms with Gasteiger partial charge in [0.15, 0.2) is 0 Å². The van der Waals surface area contributed by atoms with Crippen molar-refractivity contribution in [1.82, 2.24) is 10.2 Å². The van der Waals surface area contributed by atoms with Gasteiger partial charge >= 0.3 is 0 Å². The standard InChI is InChI=1S/C30H41BrN2O2/c1-2-3-4-5-6-7-8-9-10-11-12-13-14-15-24-34-28-22-18-26(19-23-28)30-33-32-29(35-30)25-16-20-27(31)21-17-25/h16-23H,2-15,24H2,1H3. The topological polar surface area (TPSA) is 48.2 Å². The van der Waals surface area contributed by atoms with Crippen LogP contribution < -0.4 is 4.74 Å². The van der Waals surface area contributed by atoms with E-state index >= 15 is 0 Å². The van der Waals surface area contributed by atoms with Gasteiger partial charge in [0, 0.05) is 15.6 Å². The number of hydrogen-bond acceptors (Lipinski definition) is 4. The van der Waals surface area contributed by atoms with Crippen LogP contribution in [-0.4, -0.2) is 16.8 Å². The smallest absolute Gasteiger partial charge is 0.248 e. The summed E-state index contributed by atoms with van der Waals surface area (Å²) in [5, 5.41) is 8.36. The number of unbranched alkanes of at least 4 members (excludes halogenated alkanes) is 13. The zero-order valence-corrected chi connectivity index (χ0v) is 22.9. The molecule has 0 aliphatic carbocycles. The molecular weight excluding hydrogens is 500 g/mol. The van der Waals surface area contributed by atoms with Gasteiger partial charge in [-0.1, -0.05) is 106 Å². The lowest BCUT2D eigenvalue weighted by Crippen LogP contribution is -1.97. The number of benzene rings is 2. The van der Waals surface area contributed by atoms with Crippen molar-refractivity contribution in [3.05, 3.63) is 53.0 Å². The third-order valence-electron chi connectivity index (χ3n) is 6.38. The van der Waals surface area contributed by atoms with Crippen molar-refractivity contribution in [1.29, 1.82) is 0 Å². The Hall–Kier alpha value is -2.14. The van der Waals surface area contributed by atoms with Gasteiger partial charge in [-0.05, 0) is 55.0 Å². The second-order valence-electron chi connectivity index (χ2n) is 9.39. The average Bonchev–Trinajstić information content (AvgIpc) is 3.37. The monoisotopic (exact) mass is 540 g/mol. The predicted molar refractivity (Wildman–Crippen MR) is 149 cm³/mol. The molecule has 0 N–H and O–H groups in total. The normalized spacial score (nSPS) is 11.1. The molecule has 0 unspecified atom stereocenters. The van der Waals surface area contributed by atoms with Crippen LogP contribution in [0.2, 0.25) is 0 Å². The van der Waals surface area contributed by atoms with E-state index in [0.29, 0.717) is 11.8 Å². The third kappa shape index (κ3) is 10.6. The van der Waals surface area contributed by atoms with Gasteiger partial charge in [-0.3, -0.25) is 0 Å². The molecule has 0 fully saturated rings. The molecule has 0 saturated heterocycles. The zero-order valence-electron chi connectivity index (χ0n) is 21.3. The van der Waals surface area contributed by atoms with Gasteiger partial charge in [-0.2, -0.15) is 0 Å². The van der Waals surface area contributed by atoms with E-state index in [4.69, 9.17) is 9.15 Å². The molecule has 3 aromatic rings. The molecule has 0 atom stereocenters. The van der Waals surface area contributed by atoms with E-state index in [1.54, 1.807) is 0 Å². The highest BCUT2D eigenvalue weighted by Gasteiger charge is 2.10. The first-order valence-electron chi connectivity index (χ1n) is 13.6. The van der Waals surface area contributed by atoms with Crippen LogP contribution in [-0.2, 0) is 0 Å². The van der Waals surface area contributed by atoms with Gasteiger partial charge in [-0.25, -0.2) is 0 Å². The van der Waals surface area contributed by atoms with Crippen LogP contribution in [0, 0.1) is 0 Å². The highest BCUT2D eigenvalue weighted by Crippen LogP contribution is 2.26. The molecule has 190 valence electrons. The summed E-state index contributed by atoms with van der Waals surface area (Å²) in [6.07, 6.45) is 19.2. The molecule has 1 aromatic heterocycles. The van der Waals surface area contributed by atoms with Crippen LogP contribution in [0.4, 0.5) is 0 Å². The van der Waals surface area contributed by atoms with Crippen LogP contribution in [0.3, 0.4) is 0 Å². The van der Waals surface area contributed by atoms with E-state index in [1.165, 1.54) is 83.5 Å². The minimum atomic E-state index is 0.515. The molecule has 0 spiro atoms. The number of ether oxygens (including phenoxy) is 1. The molecule has 0 aliphatic heterocycles. The molecule has 5 heteroatoms. The molecular formula is C30H41BrN2O2. The number of nitrogens with zero attached hydrogens (tertiary/aromatic N) is 2. The Labute approximate surface area is 220 Å². The van der Waals surface area contributed by atoms with Crippen molar-refractivity contribution in [2.24, 2.45) is 0 Å². The maximum atomic E-state index is 5.92. The van der Waals surface area contributed by atoms with E-state index in [2.05, 4.69) is 33.1 Å². The zero-order chi connectivity index (χ0) is 24.6. The Morgan fingerprint density at radius 2 is 1.03 bits per heavy atom. The fourth-order valence-corrected chi connectivity index (χ4v) is 4.49. The number of hydrogen-bond donors (Lipinski definition) is 0. The SMILES string of the molecule is CCCCCCCCCCCCCCCCOc1ccc(-c2nnc(-c3ccc(Br)cc3)o2)cc1. The van der Waals surface area contributed by atoms with E-state index in [0.717, 1.165) is 34.4 Å². The Morgan fingerprint density at radius 3 is 1.51 bits per heavy atom. The molecule has 3 rings (SSSR count). The van der Waals surface area contributed by atoms with Gasteiger partial charge in [-0.15, -0.1) is 10.2 Å². The molecule has 0 aliphatic rings. The van der Waals surface area contributed by atoms with Crippen molar-refractivity contribution in [2.45, 2.75) is 96.8 Å². The lowest BCUT2D eigenvalue weighted by atomic mass is 10.0. The quantitative estimate of drug-likeness (QED) is 0.150. The summed E-state index contributed by atoms with van der Waals surface area (Å²) < 4.78 is 12.8. The lowest BCUT2D eigenvalue weighted by Gasteiger charge is -2.07. The predicted octanol–water partition coefficient (Wildman–Crippen LogP) is 10.0. The maximum Gasteiger partial charge on any atom is 0.248 e. The molecule has 0 amide bonds. The minimum Gasteiger partial charge on any atom is -0.494 e. The van der Waals surface area contributed by atoms with Crippen molar-refractivity contribution in [2.75, 3.05) is 6.61 Å². The van der Waals surface area contributed by atoms with Gasteiger partial charge in [0.1, 0.15) is 5.75 Å². The van der Waals surface area contributed by atoms with Crippen molar-refractivity contribution < 1.29 is 9.15 Å². The molecule has 1 heterocycles. The van der Waals surface area contributed by atoms with Gasteiger partial charge in [0.05, 0.1) is 6.61 Å². The first kappa shape index (κ1) is 27.4. The summed E-state index contributed by atoms with van der Waals surface area (Å²) in [6, 6.07) is 15.7. The average molecular weight is 542 g/mol. The van der Waals surface area contributed by atoms with Gasteiger partial charge in [0.25, 0.3) is 0 Å². The van der Waals surface area contributed by atoms with Gasteiger partial charge < -0.3 is 9.15 Å². The fraction of sp³-hybridized carbons (Fsp3) is 0.533. The summed E-state index contributed by atoms with van der Waals surface area (Å²) in [5.41, 5.74) is 1.80. The van der Waals surface area contributed by atoms with E-state index in [9.17, 15) is 0 Å². The Bertz CT molecular complexity index is 938. The highest BCUT2D eigenvalue weighted by molar-refractivity contribution is 9.10. The number of halogens is 1. The van der Waals surface area contributed by atoms with Crippen LogP contribution in [0.5, 0.6) is 5.75 Å². The second-order valence-corrected chi connectivity index (χ2v) is 10.3. The summed E-state index contributed by atoms with van der Waals surface area (Å²) in [6.45, 7) is 3.05. The molecule has 0 radical (unpaired) electrons. The molecule has 0 saturated carbocycles. The third-order valence-corrected chi connectivity index (χ3v) is 6.91. The Kier molecular flexibility index (Phi) is 13.0. The Balaban J connectivity index is 1.22. The van der Waals surface area contributed by atoms with Crippen molar-refractivity contribution in [3.63, 3.8) is 0 Å². The lowest BCUT2D eigenvalue weighted by molar-refractivity contribution is 0.304. The van der Waals surface area contributed by atoms with E-state index in [-0.39, 0.29) is 0 Å². The summed E-state index contributed by atoms with van der Waals surface area (Å²) >= 11 is 3.44. The van der Waals surface area contributed by atoms with E-state index in [1.807, 2.05) is 48.5 Å². The van der Waals surface area contributed by atoms with Crippen LogP contribution in [0.15, 0.2) is 57.4 Å². The molecule has 2 aromatic carbocycles. The van der Waals surface area contributed by atoms with Crippen LogP contribution in [0.25, 0.3) is 22.9 Å². The molecule has 4 nitrogen and oxygen atoms in total. The second kappa shape index (κ2) is 16.5. The fourth-order valence-electron chi connectivity index (χ4n) is 4.23.